The van der Waals surface area contributed by atoms with Crippen molar-refractivity contribution in [3.8, 4) is 0 Å². The van der Waals surface area contributed by atoms with Crippen LogP contribution in [-0.4, -0.2) is 46.0 Å². The summed E-state index contributed by atoms with van der Waals surface area (Å²) in [4.78, 5) is 26.4. The van der Waals surface area contributed by atoms with E-state index in [1.807, 2.05) is 13.0 Å². The molecule has 0 bridgehead atoms. The van der Waals surface area contributed by atoms with E-state index >= 15 is 0 Å². The van der Waals surface area contributed by atoms with Crippen LogP contribution in [0.15, 0.2) is 30.6 Å². The first-order valence-electron chi connectivity index (χ1n) is 7.89. The van der Waals surface area contributed by atoms with E-state index in [9.17, 15) is 9.59 Å². The smallest absolute Gasteiger partial charge is 0.257 e. The molecule has 1 aromatic carbocycles. The molecule has 0 aliphatic carbocycles. The number of carbonyl (C=O) groups excluding carboxylic acids is 2. The molecule has 0 radical (unpaired) electrons. The van der Waals surface area contributed by atoms with Crippen LogP contribution in [0.4, 0.5) is 0 Å². The van der Waals surface area contributed by atoms with Crippen molar-refractivity contribution in [2.75, 3.05) is 13.1 Å². The molecule has 7 heteroatoms. The number of nitrogens with zero attached hydrogens (tertiary/aromatic N) is 2. The standard InChI is InChI=1S/C17H19ClN4O2/c1-11-2-3-14(15(18)8-11)16(23)21-13-4-6-22(7-5-13)17(24)12-9-19-20-10-12/h2-3,8-10,13H,4-7H2,1H3,(H,19,20)(H,21,23). The Morgan fingerprint density at radius 1 is 1.33 bits per heavy atom. The van der Waals surface area contributed by atoms with E-state index in [2.05, 4.69) is 15.5 Å². The summed E-state index contributed by atoms with van der Waals surface area (Å²) >= 11 is 6.14. The average Bonchev–Trinajstić information content (AvgIpc) is 3.09. The lowest BCUT2D eigenvalue weighted by atomic mass is 10.0. The summed E-state index contributed by atoms with van der Waals surface area (Å²) in [6, 6.07) is 5.43. The molecule has 1 aliphatic heterocycles. The molecule has 2 heterocycles. The number of piperidine rings is 1. The van der Waals surface area contributed by atoms with Gasteiger partial charge in [-0.15, -0.1) is 0 Å². The van der Waals surface area contributed by atoms with Gasteiger partial charge in [-0.3, -0.25) is 14.7 Å². The van der Waals surface area contributed by atoms with Gasteiger partial charge in [0.2, 0.25) is 0 Å². The van der Waals surface area contributed by atoms with Crippen LogP contribution in [0.1, 0.15) is 39.1 Å². The van der Waals surface area contributed by atoms with Crippen molar-refractivity contribution in [1.29, 1.82) is 0 Å². The first kappa shape index (κ1) is 16.5. The molecule has 1 aliphatic rings. The zero-order chi connectivity index (χ0) is 17.1. The molecule has 0 saturated carbocycles. The van der Waals surface area contributed by atoms with Crippen LogP contribution in [-0.2, 0) is 0 Å². The summed E-state index contributed by atoms with van der Waals surface area (Å²) in [5, 5.41) is 9.91. The highest BCUT2D eigenvalue weighted by Crippen LogP contribution is 2.19. The third kappa shape index (κ3) is 3.59. The predicted octanol–water partition coefficient (Wildman–Crippen LogP) is 2.41. The van der Waals surface area contributed by atoms with E-state index in [-0.39, 0.29) is 17.9 Å². The number of H-pyrrole nitrogens is 1. The van der Waals surface area contributed by atoms with Crippen molar-refractivity contribution >= 4 is 23.4 Å². The largest absolute Gasteiger partial charge is 0.349 e. The molecular formula is C17H19ClN4O2. The Kier molecular flexibility index (Phi) is 4.85. The topological polar surface area (TPSA) is 78.1 Å². The number of benzene rings is 1. The molecule has 2 aromatic rings. The van der Waals surface area contributed by atoms with E-state index in [1.54, 1.807) is 23.2 Å². The second-order valence-corrected chi connectivity index (χ2v) is 6.42. The molecule has 1 saturated heterocycles. The summed E-state index contributed by atoms with van der Waals surface area (Å²) in [6.45, 7) is 3.15. The van der Waals surface area contributed by atoms with Gasteiger partial charge in [-0.05, 0) is 37.5 Å². The second-order valence-electron chi connectivity index (χ2n) is 6.01. The van der Waals surface area contributed by atoms with Gasteiger partial charge in [0.25, 0.3) is 11.8 Å². The Bertz CT molecular complexity index is 737. The van der Waals surface area contributed by atoms with Gasteiger partial charge < -0.3 is 10.2 Å². The van der Waals surface area contributed by atoms with Gasteiger partial charge >= 0.3 is 0 Å². The highest BCUT2D eigenvalue weighted by molar-refractivity contribution is 6.33. The number of rotatable bonds is 3. The SMILES string of the molecule is Cc1ccc(C(=O)NC2CCN(C(=O)c3cn[nH]c3)CC2)c(Cl)c1. The van der Waals surface area contributed by atoms with Gasteiger partial charge in [-0.2, -0.15) is 5.10 Å². The van der Waals surface area contributed by atoms with Gasteiger partial charge in [0.15, 0.2) is 0 Å². The van der Waals surface area contributed by atoms with E-state index in [1.165, 1.54) is 6.20 Å². The zero-order valence-corrected chi connectivity index (χ0v) is 14.1. The Hall–Kier alpha value is -2.34. The number of aromatic nitrogens is 2. The minimum Gasteiger partial charge on any atom is -0.349 e. The van der Waals surface area contributed by atoms with Crippen molar-refractivity contribution in [2.45, 2.75) is 25.8 Å². The first-order valence-corrected chi connectivity index (χ1v) is 8.27. The van der Waals surface area contributed by atoms with Gasteiger partial charge in [-0.25, -0.2) is 0 Å². The monoisotopic (exact) mass is 346 g/mol. The highest BCUT2D eigenvalue weighted by atomic mass is 35.5. The molecule has 0 atom stereocenters. The Morgan fingerprint density at radius 3 is 2.71 bits per heavy atom. The third-order valence-corrected chi connectivity index (χ3v) is 4.54. The number of hydrogen-bond donors (Lipinski definition) is 2. The number of aromatic amines is 1. The summed E-state index contributed by atoms with van der Waals surface area (Å²) in [5.41, 5.74) is 2.06. The van der Waals surface area contributed by atoms with Crippen LogP contribution < -0.4 is 5.32 Å². The Morgan fingerprint density at radius 2 is 2.08 bits per heavy atom. The first-order chi connectivity index (χ1) is 11.5. The molecule has 2 N–H and O–H groups in total. The molecule has 1 fully saturated rings. The van der Waals surface area contributed by atoms with E-state index in [0.29, 0.717) is 29.2 Å². The van der Waals surface area contributed by atoms with Gasteiger partial charge in [0.05, 0.1) is 22.3 Å². The number of halogens is 1. The minimum atomic E-state index is -0.167. The van der Waals surface area contributed by atoms with Crippen LogP contribution in [0.5, 0.6) is 0 Å². The molecule has 126 valence electrons. The van der Waals surface area contributed by atoms with Crippen LogP contribution in [0, 0.1) is 6.92 Å². The Labute approximate surface area is 145 Å². The number of carbonyl (C=O) groups is 2. The van der Waals surface area contributed by atoms with Crippen LogP contribution >= 0.6 is 11.6 Å². The van der Waals surface area contributed by atoms with Crippen molar-refractivity contribution in [3.63, 3.8) is 0 Å². The van der Waals surface area contributed by atoms with Crippen molar-refractivity contribution in [2.24, 2.45) is 0 Å². The van der Waals surface area contributed by atoms with Crippen molar-refractivity contribution in [3.05, 3.63) is 52.3 Å². The summed E-state index contributed by atoms with van der Waals surface area (Å²) in [7, 11) is 0. The lowest BCUT2D eigenvalue weighted by molar-refractivity contribution is 0.0698. The van der Waals surface area contributed by atoms with E-state index < -0.39 is 0 Å². The fraction of sp³-hybridized carbons (Fsp3) is 0.353. The lowest BCUT2D eigenvalue weighted by Crippen LogP contribution is -2.46. The van der Waals surface area contributed by atoms with Crippen molar-refractivity contribution < 1.29 is 9.59 Å². The number of likely N-dealkylation sites (tertiary alicyclic amines) is 1. The van der Waals surface area contributed by atoms with Gasteiger partial charge in [0.1, 0.15) is 0 Å². The maximum atomic E-state index is 12.4. The zero-order valence-electron chi connectivity index (χ0n) is 13.4. The number of aryl methyl sites for hydroxylation is 1. The maximum Gasteiger partial charge on any atom is 0.257 e. The number of amides is 2. The van der Waals surface area contributed by atoms with Crippen LogP contribution in [0.2, 0.25) is 5.02 Å². The number of hydrogen-bond acceptors (Lipinski definition) is 3. The van der Waals surface area contributed by atoms with Crippen LogP contribution in [0.25, 0.3) is 0 Å². The van der Waals surface area contributed by atoms with E-state index in [0.717, 1.165) is 18.4 Å². The molecule has 6 nitrogen and oxygen atoms in total. The molecule has 2 amide bonds. The fourth-order valence-corrected chi connectivity index (χ4v) is 3.17. The number of nitrogens with one attached hydrogen (secondary N) is 2. The second kappa shape index (κ2) is 7.05. The molecule has 0 unspecified atom stereocenters. The van der Waals surface area contributed by atoms with Crippen LogP contribution in [0.3, 0.4) is 0 Å². The molecule has 3 rings (SSSR count). The lowest BCUT2D eigenvalue weighted by Gasteiger charge is -2.32. The summed E-state index contributed by atoms with van der Waals surface area (Å²) in [5.74, 6) is -0.199. The summed E-state index contributed by atoms with van der Waals surface area (Å²) < 4.78 is 0. The predicted molar refractivity (Wildman–Crippen MR) is 91.2 cm³/mol. The molecule has 24 heavy (non-hydrogen) atoms. The minimum absolute atomic E-state index is 0.0323. The fourth-order valence-electron chi connectivity index (χ4n) is 2.84. The molecule has 1 aromatic heterocycles. The van der Waals surface area contributed by atoms with Crippen molar-refractivity contribution in [1.82, 2.24) is 20.4 Å². The quantitative estimate of drug-likeness (QED) is 0.895. The molecule has 0 spiro atoms. The van der Waals surface area contributed by atoms with Gasteiger partial charge in [-0.1, -0.05) is 17.7 Å². The van der Waals surface area contributed by atoms with Gasteiger partial charge in [0, 0.05) is 25.3 Å². The summed E-state index contributed by atoms with van der Waals surface area (Å²) in [6.07, 6.45) is 4.56. The third-order valence-electron chi connectivity index (χ3n) is 4.23. The van der Waals surface area contributed by atoms with E-state index in [4.69, 9.17) is 11.6 Å². The average molecular weight is 347 g/mol. The Balaban J connectivity index is 1.55. The highest BCUT2D eigenvalue weighted by Gasteiger charge is 2.25. The maximum absolute atomic E-state index is 12.4. The normalized spacial score (nSPS) is 15.3. The molecular weight excluding hydrogens is 328 g/mol.